The Kier molecular flexibility index (Phi) is 20.2. The average Bonchev–Trinajstić information content (AvgIpc) is 2.33. The van der Waals surface area contributed by atoms with Crippen LogP contribution >= 0.6 is 0 Å². The molecule has 0 saturated heterocycles. The summed E-state index contributed by atoms with van der Waals surface area (Å²) in [6.07, 6.45) is 0. The fourth-order valence-electron chi connectivity index (χ4n) is 0.629. The SMILES string of the molecule is CN=C(NC)C(=O)O.CN=C(NC)C(=O)O.[CH3][Zr][CH3]. The van der Waals surface area contributed by atoms with Crippen LogP contribution in [-0.4, -0.2) is 62.0 Å². The molecule has 8 nitrogen and oxygen atoms in total. The van der Waals surface area contributed by atoms with Crippen LogP contribution in [0.5, 0.6) is 0 Å². The third-order valence-corrected chi connectivity index (χ3v) is 1.33. The summed E-state index contributed by atoms with van der Waals surface area (Å²) in [4.78, 5) is 26.8. The summed E-state index contributed by atoms with van der Waals surface area (Å²) >= 11 is 0.230. The van der Waals surface area contributed by atoms with Gasteiger partial charge < -0.3 is 20.8 Å². The van der Waals surface area contributed by atoms with E-state index in [4.69, 9.17) is 10.2 Å². The molecule has 0 aliphatic carbocycles. The summed E-state index contributed by atoms with van der Waals surface area (Å²) in [5, 5.41) is 21.2. The van der Waals surface area contributed by atoms with Crippen molar-refractivity contribution in [1.82, 2.24) is 10.6 Å². The van der Waals surface area contributed by atoms with E-state index in [2.05, 4.69) is 29.9 Å². The molecule has 4 N–H and O–H groups in total. The zero-order chi connectivity index (χ0) is 15.8. The number of carbonyl (C=O) groups is 2. The molecule has 0 unspecified atom stereocenters. The topological polar surface area (TPSA) is 123 Å². The summed E-state index contributed by atoms with van der Waals surface area (Å²) < 4.78 is 4.59. The molecular weight excluding hydrogens is 331 g/mol. The van der Waals surface area contributed by atoms with Gasteiger partial charge in [0.15, 0.2) is 0 Å². The second kappa shape index (κ2) is 16.8. The maximum absolute atomic E-state index is 9.97. The number of carboxylic acid groups (broad SMARTS) is 2. The molecule has 0 saturated carbocycles. The molecule has 110 valence electrons. The van der Waals surface area contributed by atoms with Gasteiger partial charge in [0, 0.05) is 28.2 Å². The first-order valence-electron chi connectivity index (χ1n) is 5.20. The van der Waals surface area contributed by atoms with E-state index in [-0.39, 0.29) is 34.9 Å². The molecule has 0 aliphatic rings. The zero-order valence-corrected chi connectivity index (χ0v) is 14.6. The number of nitrogens with zero attached hydrogens (tertiary/aromatic N) is 2. The molecule has 0 aromatic rings. The van der Waals surface area contributed by atoms with Gasteiger partial charge in [-0.1, -0.05) is 0 Å². The van der Waals surface area contributed by atoms with Gasteiger partial charge >= 0.3 is 44.4 Å². The standard InChI is InChI=1S/2C4H8N2O2.2CH3.Zr/c2*1-5-3(6-2)4(7)8;;;/h2*1-2H3,(H,5,6)(H,7,8);2*1H3;. The van der Waals surface area contributed by atoms with Crippen molar-refractivity contribution in [2.24, 2.45) is 9.98 Å². The number of amidine groups is 2. The first-order valence-corrected chi connectivity index (χ1v) is 10.1. The first-order chi connectivity index (χ1) is 8.85. The van der Waals surface area contributed by atoms with Crippen molar-refractivity contribution in [3.8, 4) is 0 Å². The van der Waals surface area contributed by atoms with Gasteiger partial charge in [-0.05, 0) is 0 Å². The van der Waals surface area contributed by atoms with E-state index in [9.17, 15) is 9.59 Å². The van der Waals surface area contributed by atoms with E-state index in [1.165, 1.54) is 28.2 Å². The Morgan fingerprint density at radius 1 is 0.895 bits per heavy atom. The van der Waals surface area contributed by atoms with Gasteiger partial charge in [-0.25, -0.2) is 9.59 Å². The Hall–Kier alpha value is -1.24. The molecule has 0 fully saturated rings. The number of carboxylic acids is 2. The van der Waals surface area contributed by atoms with Crippen LogP contribution in [0.15, 0.2) is 9.98 Å². The second-order valence-electron chi connectivity index (χ2n) is 2.75. The van der Waals surface area contributed by atoms with Crippen LogP contribution in [0, 0.1) is 0 Å². The van der Waals surface area contributed by atoms with Crippen molar-refractivity contribution in [1.29, 1.82) is 0 Å². The number of rotatable bonds is 0. The summed E-state index contributed by atoms with van der Waals surface area (Å²) in [6.45, 7) is 0. The van der Waals surface area contributed by atoms with Crippen LogP contribution in [-0.2, 0) is 32.8 Å². The molecule has 19 heavy (non-hydrogen) atoms. The van der Waals surface area contributed by atoms with Crippen molar-refractivity contribution in [2.45, 2.75) is 9.26 Å². The number of hydrogen-bond donors (Lipinski definition) is 4. The minimum atomic E-state index is -1.03. The Morgan fingerprint density at radius 3 is 1.11 bits per heavy atom. The first kappa shape index (κ1) is 22.9. The van der Waals surface area contributed by atoms with Gasteiger partial charge in [0.25, 0.3) is 0 Å². The number of hydrogen-bond acceptors (Lipinski definition) is 4. The van der Waals surface area contributed by atoms with Crippen molar-refractivity contribution in [3.05, 3.63) is 0 Å². The molecular formula is C10H22N4O4Zr. The van der Waals surface area contributed by atoms with E-state index >= 15 is 0 Å². The number of aliphatic carboxylic acids is 2. The maximum atomic E-state index is 9.97. The van der Waals surface area contributed by atoms with Gasteiger partial charge in [0.2, 0.25) is 11.7 Å². The van der Waals surface area contributed by atoms with E-state index in [1.807, 2.05) is 0 Å². The van der Waals surface area contributed by atoms with Crippen molar-refractivity contribution < 1.29 is 43.0 Å². The van der Waals surface area contributed by atoms with Gasteiger partial charge in [-0.15, -0.1) is 0 Å². The quantitative estimate of drug-likeness (QED) is 0.353. The van der Waals surface area contributed by atoms with Crippen molar-refractivity contribution >= 4 is 23.6 Å². The van der Waals surface area contributed by atoms with Crippen LogP contribution in [0.3, 0.4) is 0 Å². The van der Waals surface area contributed by atoms with Gasteiger partial charge in [-0.3, -0.25) is 9.98 Å². The fourth-order valence-corrected chi connectivity index (χ4v) is 0.629. The summed E-state index contributed by atoms with van der Waals surface area (Å²) in [6, 6.07) is 0. The van der Waals surface area contributed by atoms with E-state index < -0.39 is 11.9 Å². The number of nitrogens with one attached hydrogen (secondary N) is 2. The summed E-state index contributed by atoms with van der Waals surface area (Å²) in [7, 11) is 5.85. The molecule has 0 atom stereocenters. The Balaban J connectivity index is -0.000000224. The molecule has 0 heterocycles. The Labute approximate surface area is 125 Å². The van der Waals surface area contributed by atoms with Crippen LogP contribution in [0.4, 0.5) is 0 Å². The third-order valence-electron chi connectivity index (χ3n) is 1.33. The molecule has 0 aromatic heterocycles. The van der Waals surface area contributed by atoms with Crippen molar-refractivity contribution in [3.63, 3.8) is 0 Å². The average molecular weight is 354 g/mol. The summed E-state index contributed by atoms with van der Waals surface area (Å²) in [5.41, 5.74) is 0. The van der Waals surface area contributed by atoms with Gasteiger partial charge in [0.1, 0.15) is 0 Å². The molecule has 0 aliphatic heterocycles. The zero-order valence-electron chi connectivity index (χ0n) is 12.1. The van der Waals surface area contributed by atoms with Crippen LogP contribution in [0.25, 0.3) is 0 Å². The summed E-state index contributed by atoms with van der Waals surface area (Å²) in [5.74, 6) is -2.11. The van der Waals surface area contributed by atoms with Crippen LogP contribution < -0.4 is 10.6 Å². The van der Waals surface area contributed by atoms with Gasteiger partial charge in [0.05, 0.1) is 0 Å². The normalized spacial score (nSPS) is 10.0. The van der Waals surface area contributed by atoms with Crippen molar-refractivity contribution in [2.75, 3.05) is 28.2 Å². The van der Waals surface area contributed by atoms with E-state index in [0.29, 0.717) is 0 Å². The van der Waals surface area contributed by atoms with Crippen LogP contribution in [0.1, 0.15) is 0 Å². The minimum absolute atomic E-state index is 0.0231. The third kappa shape index (κ3) is 16.8. The Morgan fingerprint density at radius 2 is 1.11 bits per heavy atom. The molecule has 0 rings (SSSR count). The van der Waals surface area contributed by atoms with Gasteiger partial charge in [-0.2, -0.15) is 0 Å². The molecule has 0 spiro atoms. The monoisotopic (exact) mass is 352 g/mol. The fraction of sp³-hybridized carbons (Fsp3) is 0.600. The molecule has 9 heteroatoms. The number of aliphatic imine (C=N–C) groups is 2. The van der Waals surface area contributed by atoms with E-state index in [0.717, 1.165) is 0 Å². The predicted octanol–water partition coefficient (Wildman–Crippen LogP) is -0.197. The van der Waals surface area contributed by atoms with Crippen LogP contribution in [0.2, 0.25) is 9.26 Å². The van der Waals surface area contributed by atoms with E-state index in [1.54, 1.807) is 0 Å². The molecule has 0 aromatic carbocycles. The molecule has 0 radical (unpaired) electrons. The second-order valence-corrected chi connectivity index (χ2v) is 5.21. The molecule has 0 bridgehead atoms. The molecule has 0 amide bonds. The Bertz CT molecular complexity index is 289. The predicted molar refractivity (Wildman–Crippen MR) is 71.8 cm³/mol. The number of likely N-dealkylation sites (N-methyl/N-ethyl adjacent to an activating group) is 2.